The maximum absolute atomic E-state index is 13.0. The number of likely N-dealkylation sites (tertiary alicyclic amines) is 1. The average Bonchev–Trinajstić information content (AvgIpc) is 2.60. The van der Waals surface area contributed by atoms with Gasteiger partial charge in [-0.05, 0) is 59.7 Å². The predicted octanol–water partition coefficient (Wildman–Crippen LogP) is 2.11. The number of morpholine rings is 1. The van der Waals surface area contributed by atoms with E-state index in [0.717, 1.165) is 43.1 Å². The van der Waals surface area contributed by atoms with Gasteiger partial charge in [0, 0.05) is 24.2 Å². The van der Waals surface area contributed by atoms with Gasteiger partial charge in [0.15, 0.2) is 0 Å². The van der Waals surface area contributed by atoms with Crippen LogP contribution in [0.1, 0.15) is 50.0 Å². The minimum Gasteiger partial charge on any atom is -0.368 e. The topological polar surface area (TPSA) is 58.6 Å². The number of hydrogen-bond donors (Lipinski definition) is 0. The van der Waals surface area contributed by atoms with Crippen molar-refractivity contribution in [3.63, 3.8) is 0 Å². The van der Waals surface area contributed by atoms with Crippen molar-refractivity contribution in [3.05, 3.63) is 23.3 Å². The van der Waals surface area contributed by atoms with Gasteiger partial charge >= 0.3 is 0 Å². The first-order chi connectivity index (χ1) is 11.9. The van der Waals surface area contributed by atoms with Gasteiger partial charge in [0.25, 0.3) is 0 Å². The molecule has 0 saturated carbocycles. The summed E-state index contributed by atoms with van der Waals surface area (Å²) in [7, 11) is 0. The van der Waals surface area contributed by atoms with Crippen LogP contribution in [0.3, 0.4) is 0 Å². The molecular weight excluding hydrogens is 316 g/mol. The summed E-state index contributed by atoms with van der Waals surface area (Å²) in [6, 6.07) is 2.53. The monoisotopic (exact) mass is 346 g/mol. The van der Waals surface area contributed by atoms with Gasteiger partial charge in [-0.3, -0.25) is 4.79 Å². The van der Waals surface area contributed by atoms with E-state index in [9.17, 15) is 4.79 Å². The van der Waals surface area contributed by atoms with Crippen molar-refractivity contribution in [1.82, 2.24) is 19.8 Å². The summed E-state index contributed by atoms with van der Waals surface area (Å²) in [5.74, 6) is 1.20. The maximum atomic E-state index is 13.0. The van der Waals surface area contributed by atoms with Crippen molar-refractivity contribution in [1.29, 1.82) is 0 Å². The van der Waals surface area contributed by atoms with Crippen LogP contribution in [0.5, 0.6) is 0 Å². The second kappa shape index (κ2) is 7.79. The summed E-state index contributed by atoms with van der Waals surface area (Å²) in [6.07, 6.45) is 1.78. The van der Waals surface area contributed by atoms with Crippen molar-refractivity contribution < 1.29 is 9.53 Å². The van der Waals surface area contributed by atoms with E-state index in [1.165, 1.54) is 0 Å². The summed E-state index contributed by atoms with van der Waals surface area (Å²) in [5, 5.41) is 0. The maximum Gasteiger partial charge on any atom is 0.225 e. The summed E-state index contributed by atoms with van der Waals surface area (Å²) >= 11 is 0. The highest BCUT2D eigenvalue weighted by Crippen LogP contribution is 2.26. The van der Waals surface area contributed by atoms with Crippen LogP contribution in [0.4, 0.5) is 0 Å². The summed E-state index contributed by atoms with van der Waals surface area (Å²) in [6.45, 7) is 12.2. The Morgan fingerprint density at radius 3 is 2.56 bits per heavy atom. The Bertz CT molecular complexity index is 591. The van der Waals surface area contributed by atoms with Crippen LogP contribution < -0.4 is 0 Å². The van der Waals surface area contributed by atoms with Gasteiger partial charge in [-0.2, -0.15) is 0 Å². The Kier molecular flexibility index (Phi) is 5.69. The van der Waals surface area contributed by atoms with E-state index in [4.69, 9.17) is 4.74 Å². The predicted molar refractivity (Wildman–Crippen MR) is 96.2 cm³/mol. The first-order valence-corrected chi connectivity index (χ1v) is 9.40. The Labute approximate surface area is 150 Å². The van der Waals surface area contributed by atoms with Gasteiger partial charge in [0.2, 0.25) is 5.91 Å². The summed E-state index contributed by atoms with van der Waals surface area (Å²) < 4.78 is 5.90. The zero-order chi connectivity index (χ0) is 18.0. The fraction of sp³-hybridized carbons (Fsp3) is 0.737. The molecule has 2 aliphatic rings. The molecule has 0 aromatic carbocycles. The highest BCUT2D eigenvalue weighted by atomic mass is 16.5. The molecular formula is C19H30N4O2. The highest BCUT2D eigenvalue weighted by molar-refractivity contribution is 5.79. The van der Waals surface area contributed by atoms with Crippen molar-refractivity contribution >= 4 is 5.91 Å². The smallest absolute Gasteiger partial charge is 0.225 e. The highest BCUT2D eigenvalue weighted by Gasteiger charge is 2.33. The number of carbonyl (C=O) groups is 1. The molecule has 1 amide bonds. The SMILES string of the molecule is Cc1cc(C2CN(C(=O)C3CCN(C(C)C)CC3)CCO2)nc(C)n1. The fourth-order valence-electron chi connectivity index (χ4n) is 3.86. The zero-order valence-corrected chi connectivity index (χ0v) is 15.9. The van der Waals surface area contributed by atoms with Crippen LogP contribution in [0.25, 0.3) is 0 Å². The van der Waals surface area contributed by atoms with Crippen LogP contribution in [0.2, 0.25) is 0 Å². The fourth-order valence-corrected chi connectivity index (χ4v) is 3.86. The number of rotatable bonds is 3. The number of carbonyl (C=O) groups excluding carboxylic acids is 1. The number of aromatic nitrogens is 2. The normalized spacial score (nSPS) is 23.2. The molecule has 2 fully saturated rings. The molecule has 3 heterocycles. The lowest BCUT2D eigenvalue weighted by Crippen LogP contribution is -2.48. The van der Waals surface area contributed by atoms with Gasteiger partial charge in [-0.15, -0.1) is 0 Å². The Hall–Kier alpha value is -1.53. The molecule has 0 spiro atoms. The third-order valence-electron chi connectivity index (χ3n) is 5.30. The Balaban J connectivity index is 1.62. The van der Waals surface area contributed by atoms with Gasteiger partial charge in [-0.1, -0.05) is 0 Å². The Morgan fingerprint density at radius 2 is 1.92 bits per heavy atom. The standard InChI is InChI=1S/C19H30N4O2/c1-13(2)22-7-5-16(6-8-22)19(24)23-9-10-25-18(12-23)17-11-14(3)20-15(4)21-17/h11,13,16,18H,5-10,12H2,1-4H3. The molecule has 1 aromatic rings. The van der Waals surface area contributed by atoms with E-state index in [-0.39, 0.29) is 12.0 Å². The molecule has 0 bridgehead atoms. The van der Waals surface area contributed by atoms with Crippen molar-refractivity contribution in [2.24, 2.45) is 5.92 Å². The molecule has 0 N–H and O–H groups in total. The molecule has 25 heavy (non-hydrogen) atoms. The third kappa shape index (κ3) is 4.36. The third-order valence-corrected chi connectivity index (χ3v) is 5.30. The van der Waals surface area contributed by atoms with E-state index in [0.29, 0.717) is 31.6 Å². The minimum absolute atomic E-state index is 0.145. The van der Waals surface area contributed by atoms with Gasteiger partial charge in [0.1, 0.15) is 11.9 Å². The quantitative estimate of drug-likeness (QED) is 0.839. The lowest BCUT2D eigenvalue weighted by atomic mass is 9.94. The molecule has 1 unspecified atom stereocenters. The number of nitrogens with zero attached hydrogens (tertiary/aromatic N) is 4. The molecule has 2 aliphatic heterocycles. The molecule has 1 atom stereocenters. The van der Waals surface area contributed by atoms with Crippen LogP contribution in [-0.4, -0.2) is 64.5 Å². The van der Waals surface area contributed by atoms with Crippen molar-refractivity contribution in [2.45, 2.75) is 52.7 Å². The van der Waals surface area contributed by atoms with Crippen molar-refractivity contribution in [2.75, 3.05) is 32.8 Å². The molecule has 0 radical (unpaired) electrons. The average molecular weight is 346 g/mol. The van der Waals surface area contributed by atoms with Crippen molar-refractivity contribution in [3.8, 4) is 0 Å². The molecule has 0 aliphatic carbocycles. The van der Waals surface area contributed by atoms with E-state index >= 15 is 0 Å². The Morgan fingerprint density at radius 1 is 1.20 bits per heavy atom. The van der Waals surface area contributed by atoms with E-state index in [1.54, 1.807) is 0 Å². The van der Waals surface area contributed by atoms with Crippen LogP contribution in [-0.2, 0) is 9.53 Å². The first kappa shape index (κ1) is 18.3. The molecule has 138 valence electrons. The zero-order valence-electron chi connectivity index (χ0n) is 15.9. The van der Waals surface area contributed by atoms with E-state index < -0.39 is 0 Å². The molecule has 3 rings (SSSR count). The van der Waals surface area contributed by atoms with E-state index in [2.05, 4.69) is 28.7 Å². The number of hydrogen-bond acceptors (Lipinski definition) is 5. The molecule has 2 saturated heterocycles. The lowest BCUT2D eigenvalue weighted by molar-refractivity contribution is -0.145. The first-order valence-electron chi connectivity index (χ1n) is 9.40. The largest absolute Gasteiger partial charge is 0.368 e. The summed E-state index contributed by atoms with van der Waals surface area (Å²) in [5.41, 5.74) is 1.83. The van der Waals surface area contributed by atoms with Crippen LogP contribution >= 0.6 is 0 Å². The number of aryl methyl sites for hydroxylation is 2. The lowest BCUT2D eigenvalue weighted by Gasteiger charge is -2.38. The molecule has 1 aromatic heterocycles. The van der Waals surface area contributed by atoms with Gasteiger partial charge in [-0.25, -0.2) is 9.97 Å². The summed E-state index contributed by atoms with van der Waals surface area (Å²) in [4.78, 5) is 26.2. The van der Waals surface area contributed by atoms with E-state index in [1.807, 2.05) is 24.8 Å². The number of amides is 1. The van der Waals surface area contributed by atoms with Gasteiger partial charge < -0.3 is 14.5 Å². The molecule has 6 heteroatoms. The number of ether oxygens (including phenoxy) is 1. The van der Waals surface area contributed by atoms with Crippen LogP contribution in [0, 0.1) is 19.8 Å². The second-order valence-electron chi connectivity index (χ2n) is 7.53. The minimum atomic E-state index is -0.145. The molecule has 6 nitrogen and oxygen atoms in total. The number of piperidine rings is 1. The van der Waals surface area contributed by atoms with Gasteiger partial charge in [0.05, 0.1) is 18.8 Å². The second-order valence-corrected chi connectivity index (χ2v) is 7.53. The van der Waals surface area contributed by atoms with Crippen LogP contribution in [0.15, 0.2) is 6.07 Å².